The first-order chi connectivity index (χ1) is 15.6. The molecule has 33 heavy (non-hydrogen) atoms. The van der Waals surface area contributed by atoms with Crippen LogP contribution >= 0.6 is 11.6 Å². The van der Waals surface area contributed by atoms with Crippen molar-refractivity contribution in [2.75, 3.05) is 19.0 Å². The lowest BCUT2D eigenvalue weighted by Crippen LogP contribution is -2.31. The van der Waals surface area contributed by atoms with Crippen LogP contribution in [0.5, 0.6) is 0 Å². The predicted molar refractivity (Wildman–Crippen MR) is 116 cm³/mol. The average Bonchev–Trinajstić information content (AvgIpc) is 3.31. The van der Waals surface area contributed by atoms with Gasteiger partial charge >= 0.3 is 12.3 Å². The molecular formula is C22H21ClF3N5O2. The van der Waals surface area contributed by atoms with Gasteiger partial charge in [-0.15, -0.1) is 5.10 Å². The van der Waals surface area contributed by atoms with E-state index in [9.17, 15) is 18.0 Å². The van der Waals surface area contributed by atoms with E-state index in [0.29, 0.717) is 22.8 Å². The van der Waals surface area contributed by atoms with Crippen LogP contribution in [-0.2, 0) is 24.0 Å². The molecule has 0 spiro atoms. The Balaban J connectivity index is 1.72. The summed E-state index contributed by atoms with van der Waals surface area (Å²) in [5.41, 5.74) is 0.670. The summed E-state index contributed by atoms with van der Waals surface area (Å²) in [6.07, 6.45) is -4.27. The number of alkyl halides is 3. The molecule has 174 valence electrons. The lowest BCUT2D eigenvalue weighted by molar-refractivity contribution is -0.137. The predicted octanol–water partition coefficient (Wildman–Crippen LogP) is 4.78. The number of hydrogen-bond acceptors (Lipinski definition) is 5. The van der Waals surface area contributed by atoms with E-state index in [1.165, 1.54) is 15.6 Å². The van der Waals surface area contributed by atoms with Crippen LogP contribution in [-0.4, -0.2) is 46.2 Å². The van der Waals surface area contributed by atoms with Gasteiger partial charge in [-0.05, 0) is 56.1 Å². The van der Waals surface area contributed by atoms with Gasteiger partial charge in [0.05, 0.1) is 17.8 Å². The number of amides is 1. The Morgan fingerprint density at radius 1 is 1.15 bits per heavy atom. The van der Waals surface area contributed by atoms with Crippen LogP contribution in [0.25, 0.3) is 0 Å². The molecule has 0 aliphatic carbocycles. The van der Waals surface area contributed by atoms with Gasteiger partial charge in [-0.25, -0.2) is 9.48 Å². The van der Waals surface area contributed by atoms with E-state index in [-0.39, 0.29) is 6.54 Å². The number of ether oxygens (including phenoxy) is 1. The minimum atomic E-state index is -4.52. The van der Waals surface area contributed by atoms with Gasteiger partial charge in [-0.1, -0.05) is 28.9 Å². The summed E-state index contributed by atoms with van der Waals surface area (Å²) >= 11 is 5.97. The molecular weight excluding hydrogens is 459 g/mol. The maximum absolute atomic E-state index is 13.4. The molecule has 1 amide bonds. The summed E-state index contributed by atoms with van der Waals surface area (Å²) in [7, 11) is 3.79. The Morgan fingerprint density at radius 2 is 1.88 bits per heavy atom. The van der Waals surface area contributed by atoms with Gasteiger partial charge in [0.25, 0.3) is 0 Å². The van der Waals surface area contributed by atoms with Gasteiger partial charge in [-0.3, -0.25) is 4.90 Å². The molecule has 4 rings (SSSR count). The van der Waals surface area contributed by atoms with Crippen LogP contribution in [0.1, 0.15) is 22.9 Å². The van der Waals surface area contributed by atoms with Crippen molar-refractivity contribution in [3.63, 3.8) is 0 Å². The zero-order valence-corrected chi connectivity index (χ0v) is 18.6. The summed E-state index contributed by atoms with van der Waals surface area (Å²) in [6, 6.07) is 10.5. The van der Waals surface area contributed by atoms with Crippen molar-refractivity contribution in [3.05, 3.63) is 76.6 Å². The molecule has 2 heterocycles. The Morgan fingerprint density at radius 3 is 2.55 bits per heavy atom. The molecule has 1 aromatic heterocycles. The largest absolute Gasteiger partial charge is 0.441 e. The number of benzene rings is 2. The van der Waals surface area contributed by atoms with E-state index < -0.39 is 30.0 Å². The Labute approximate surface area is 193 Å². The monoisotopic (exact) mass is 479 g/mol. The molecule has 0 N–H and O–H groups in total. The lowest BCUT2D eigenvalue weighted by Gasteiger charge is -2.26. The fourth-order valence-corrected chi connectivity index (χ4v) is 3.93. The molecule has 0 radical (unpaired) electrons. The first-order valence-electron chi connectivity index (χ1n) is 10.1. The third kappa shape index (κ3) is 5.12. The molecule has 2 atom stereocenters. The number of aromatic nitrogens is 3. The number of anilines is 1. The molecule has 2 aromatic carbocycles. The van der Waals surface area contributed by atoms with Crippen molar-refractivity contribution >= 4 is 23.4 Å². The van der Waals surface area contributed by atoms with Crippen LogP contribution in [0.2, 0.25) is 5.02 Å². The van der Waals surface area contributed by atoms with Crippen LogP contribution in [0, 0.1) is 0 Å². The van der Waals surface area contributed by atoms with Crippen molar-refractivity contribution in [1.82, 2.24) is 19.9 Å². The SMILES string of the molecule is CN(C)Cc1cn(C[C@@H]2OC(=O)N(c3ccc(Cl)cc3)[C@H]2c2cccc(C(F)(F)F)c2)nn1. The summed E-state index contributed by atoms with van der Waals surface area (Å²) in [5.74, 6) is 0. The van der Waals surface area contributed by atoms with Gasteiger partial charge < -0.3 is 9.64 Å². The third-order valence-corrected chi connectivity index (χ3v) is 5.42. The van der Waals surface area contributed by atoms with E-state index in [1.807, 2.05) is 19.0 Å². The van der Waals surface area contributed by atoms with Crippen LogP contribution in [0.15, 0.2) is 54.7 Å². The van der Waals surface area contributed by atoms with Gasteiger partial charge in [0.1, 0.15) is 12.1 Å². The Hall–Kier alpha value is -3.11. The van der Waals surface area contributed by atoms with E-state index in [4.69, 9.17) is 16.3 Å². The van der Waals surface area contributed by atoms with Gasteiger partial charge in [0.15, 0.2) is 0 Å². The smallest absolute Gasteiger partial charge is 0.416 e. The summed E-state index contributed by atoms with van der Waals surface area (Å²) in [5, 5.41) is 8.65. The second-order valence-corrected chi connectivity index (χ2v) is 8.44. The molecule has 0 saturated carbocycles. The highest BCUT2D eigenvalue weighted by Crippen LogP contribution is 2.40. The average molecular weight is 480 g/mol. The number of carbonyl (C=O) groups is 1. The summed E-state index contributed by atoms with van der Waals surface area (Å²) in [6.45, 7) is 0.690. The van der Waals surface area contributed by atoms with E-state index in [2.05, 4.69) is 10.3 Å². The molecule has 0 bridgehead atoms. The Bertz CT molecular complexity index is 1130. The standard InChI is InChI=1S/C22H21ClF3N5O2/c1-29(2)11-17-12-30(28-27-17)13-19-20(14-4-3-5-15(10-14)22(24,25)26)31(21(32)33-19)18-8-6-16(23)7-9-18/h3-10,12,19-20H,11,13H2,1-2H3/t19-,20-/m0/s1. The first kappa shape index (κ1) is 23.1. The molecule has 0 unspecified atom stereocenters. The molecule has 11 heteroatoms. The zero-order valence-electron chi connectivity index (χ0n) is 17.8. The van der Waals surface area contributed by atoms with Gasteiger partial charge in [-0.2, -0.15) is 13.2 Å². The number of cyclic esters (lactones) is 1. The number of halogens is 4. The molecule has 1 saturated heterocycles. The van der Waals surface area contributed by atoms with Crippen molar-refractivity contribution in [2.45, 2.75) is 31.4 Å². The van der Waals surface area contributed by atoms with Crippen LogP contribution in [0.3, 0.4) is 0 Å². The van der Waals surface area contributed by atoms with Crippen molar-refractivity contribution in [1.29, 1.82) is 0 Å². The van der Waals surface area contributed by atoms with Gasteiger partial charge in [0.2, 0.25) is 0 Å². The maximum Gasteiger partial charge on any atom is 0.416 e. The highest BCUT2D eigenvalue weighted by atomic mass is 35.5. The fraction of sp³-hybridized carbons (Fsp3) is 0.318. The lowest BCUT2D eigenvalue weighted by atomic mass is 9.98. The molecule has 7 nitrogen and oxygen atoms in total. The highest BCUT2D eigenvalue weighted by molar-refractivity contribution is 6.30. The highest BCUT2D eigenvalue weighted by Gasteiger charge is 2.44. The number of nitrogens with zero attached hydrogens (tertiary/aromatic N) is 5. The van der Waals surface area contributed by atoms with Gasteiger partial charge in [0, 0.05) is 23.5 Å². The first-order valence-corrected chi connectivity index (χ1v) is 10.5. The minimum absolute atomic E-state index is 0.122. The topological polar surface area (TPSA) is 63.5 Å². The fourth-order valence-electron chi connectivity index (χ4n) is 3.81. The van der Waals surface area contributed by atoms with Crippen molar-refractivity contribution < 1.29 is 22.7 Å². The molecule has 1 fully saturated rings. The Kier molecular flexibility index (Phi) is 6.31. The van der Waals surface area contributed by atoms with Crippen LogP contribution in [0.4, 0.5) is 23.7 Å². The maximum atomic E-state index is 13.4. The number of hydrogen-bond donors (Lipinski definition) is 0. The zero-order chi connectivity index (χ0) is 23.8. The summed E-state index contributed by atoms with van der Waals surface area (Å²) in [4.78, 5) is 16.1. The molecule has 1 aliphatic rings. The number of carbonyl (C=O) groups excluding carboxylic acids is 1. The second kappa shape index (κ2) is 9.03. The third-order valence-electron chi connectivity index (χ3n) is 5.17. The van der Waals surface area contributed by atoms with Crippen molar-refractivity contribution in [3.8, 4) is 0 Å². The van der Waals surface area contributed by atoms with Crippen molar-refractivity contribution in [2.24, 2.45) is 0 Å². The van der Waals surface area contributed by atoms with Crippen LogP contribution < -0.4 is 4.90 Å². The van der Waals surface area contributed by atoms with E-state index in [0.717, 1.165) is 17.8 Å². The number of rotatable bonds is 6. The minimum Gasteiger partial charge on any atom is -0.441 e. The molecule has 1 aliphatic heterocycles. The quantitative estimate of drug-likeness (QED) is 0.509. The normalized spacial score (nSPS) is 18.8. The molecule has 3 aromatic rings. The second-order valence-electron chi connectivity index (χ2n) is 8.01. The summed E-state index contributed by atoms with van der Waals surface area (Å²) < 4.78 is 47.3. The van der Waals surface area contributed by atoms with E-state index in [1.54, 1.807) is 36.5 Å². The van der Waals surface area contributed by atoms with E-state index >= 15 is 0 Å².